The van der Waals surface area contributed by atoms with Gasteiger partial charge in [-0.05, 0) is 24.7 Å². The lowest BCUT2D eigenvalue weighted by molar-refractivity contribution is -0.156. The molecule has 1 aromatic carbocycles. The van der Waals surface area contributed by atoms with Crippen molar-refractivity contribution < 1.29 is 17.6 Å². The van der Waals surface area contributed by atoms with Gasteiger partial charge in [-0.3, -0.25) is 4.57 Å². The van der Waals surface area contributed by atoms with Gasteiger partial charge in [-0.25, -0.2) is 4.79 Å². The van der Waals surface area contributed by atoms with E-state index in [1.165, 1.54) is 36.9 Å². The largest absolute Gasteiger partial charge is 0.419 e. The molecule has 0 aliphatic rings. The molecule has 1 N–H and O–H groups in total. The Balaban J connectivity index is 2.56. The zero-order valence-corrected chi connectivity index (χ0v) is 9.71. The minimum absolute atomic E-state index is 0.00634. The third-order valence-corrected chi connectivity index (χ3v) is 2.77. The fourth-order valence-corrected chi connectivity index (χ4v) is 1.85. The van der Waals surface area contributed by atoms with E-state index in [9.17, 15) is 18.0 Å². The molecular formula is C11H11F3N2O2. The molecule has 0 bridgehead atoms. The summed E-state index contributed by atoms with van der Waals surface area (Å²) in [6.07, 6.45) is -4.41. The summed E-state index contributed by atoms with van der Waals surface area (Å²) >= 11 is 0. The number of alkyl halides is 3. The molecule has 0 aliphatic heterocycles. The van der Waals surface area contributed by atoms with E-state index in [0.717, 1.165) is 0 Å². The van der Waals surface area contributed by atoms with E-state index in [1.807, 2.05) is 0 Å². The number of nitrogens with zero attached hydrogens (tertiary/aromatic N) is 1. The van der Waals surface area contributed by atoms with Crippen LogP contribution in [0.15, 0.2) is 27.4 Å². The van der Waals surface area contributed by atoms with E-state index in [0.29, 0.717) is 5.52 Å². The second-order valence-electron chi connectivity index (χ2n) is 3.92. The van der Waals surface area contributed by atoms with Crippen LogP contribution in [-0.2, 0) is 7.05 Å². The molecule has 0 amide bonds. The number of benzene rings is 1. The number of fused-ring (bicyclic) bond motifs is 1. The monoisotopic (exact) mass is 260 g/mol. The Kier molecular flexibility index (Phi) is 2.94. The molecule has 2 rings (SSSR count). The smallest absolute Gasteiger partial charge is 0.408 e. The van der Waals surface area contributed by atoms with Crippen molar-refractivity contribution in [3.63, 3.8) is 0 Å². The summed E-state index contributed by atoms with van der Waals surface area (Å²) in [5.41, 5.74) is 0.608. The fourth-order valence-electron chi connectivity index (χ4n) is 1.85. The van der Waals surface area contributed by atoms with Crippen LogP contribution < -0.4 is 11.1 Å². The summed E-state index contributed by atoms with van der Waals surface area (Å²) in [6.45, 7) is 0. The molecule has 7 heteroatoms. The molecule has 2 aromatic rings. The van der Waals surface area contributed by atoms with Crippen molar-refractivity contribution >= 4 is 11.1 Å². The second kappa shape index (κ2) is 4.16. The molecule has 0 radical (unpaired) electrons. The Morgan fingerprint density at radius 1 is 1.39 bits per heavy atom. The molecule has 1 atom stereocenters. The average molecular weight is 260 g/mol. The van der Waals surface area contributed by atoms with Crippen LogP contribution in [0.2, 0.25) is 0 Å². The molecular weight excluding hydrogens is 249 g/mol. The highest BCUT2D eigenvalue weighted by atomic mass is 19.4. The Hall–Kier alpha value is -1.76. The minimum atomic E-state index is -4.41. The van der Waals surface area contributed by atoms with Crippen molar-refractivity contribution in [2.24, 2.45) is 7.05 Å². The summed E-state index contributed by atoms with van der Waals surface area (Å²) in [5, 5.41) is 2.19. The Bertz CT molecular complexity index is 627. The average Bonchev–Trinajstić information content (AvgIpc) is 2.53. The van der Waals surface area contributed by atoms with Gasteiger partial charge in [0, 0.05) is 7.05 Å². The molecule has 0 fully saturated rings. The molecule has 1 aromatic heterocycles. The van der Waals surface area contributed by atoms with Crippen LogP contribution in [0, 0.1) is 0 Å². The maximum atomic E-state index is 12.7. The van der Waals surface area contributed by atoms with Gasteiger partial charge in [-0.1, -0.05) is 6.07 Å². The minimum Gasteiger partial charge on any atom is -0.408 e. The van der Waals surface area contributed by atoms with Gasteiger partial charge in [0.1, 0.15) is 6.04 Å². The Morgan fingerprint density at radius 2 is 2.06 bits per heavy atom. The zero-order chi connectivity index (χ0) is 13.5. The van der Waals surface area contributed by atoms with Crippen LogP contribution >= 0.6 is 0 Å². The normalized spacial score (nSPS) is 14.1. The number of nitrogens with one attached hydrogen (secondary N) is 1. The number of halogens is 3. The topological polar surface area (TPSA) is 47.2 Å². The maximum absolute atomic E-state index is 12.7. The standard InChI is InChI=1S/C11H11F3N2O2/c1-15-9(11(12,13)14)6-3-4-7-8(5-6)18-10(17)16(7)2/h3-5,9,15H,1-2H3. The number of aromatic nitrogens is 1. The molecule has 0 aliphatic carbocycles. The first kappa shape index (κ1) is 12.7. The van der Waals surface area contributed by atoms with E-state index in [1.54, 1.807) is 0 Å². The van der Waals surface area contributed by atoms with Gasteiger partial charge in [0.05, 0.1) is 5.52 Å². The maximum Gasteiger partial charge on any atom is 0.419 e. The number of oxazole rings is 1. The SMILES string of the molecule is CNC(c1ccc2c(c1)oc(=O)n2C)C(F)(F)F. The fraction of sp³-hybridized carbons (Fsp3) is 0.364. The number of rotatable bonds is 2. The van der Waals surface area contributed by atoms with E-state index in [-0.39, 0.29) is 11.1 Å². The van der Waals surface area contributed by atoms with E-state index >= 15 is 0 Å². The number of aryl methyl sites for hydroxylation is 1. The van der Waals surface area contributed by atoms with Crippen LogP contribution in [0.25, 0.3) is 11.1 Å². The van der Waals surface area contributed by atoms with Crippen molar-refractivity contribution in [2.45, 2.75) is 12.2 Å². The zero-order valence-electron chi connectivity index (χ0n) is 9.71. The highest BCUT2D eigenvalue weighted by molar-refractivity contribution is 5.73. The van der Waals surface area contributed by atoms with Crippen molar-refractivity contribution in [3.8, 4) is 0 Å². The summed E-state index contributed by atoms with van der Waals surface area (Å²) in [6, 6.07) is 2.20. The van der Waals surface area contributed by atoms with Crippen LogP contribution in [0.5, 0.6) is 0 Å². The summed E-state index contributed by atoms with van der Waals surface area (Å²) in [7, 11) is 2.72. The molecule has 1 unspecified atom stereocenters. The lowest BCUT2D eigenvalue weighted by Gasteiger charge is -2.19. The second-order valence-corrected chi connectivity index (χ2v) is 3.92. The highest BCUT2D eigenvalue weighted by Gasteiger charge is 2.39. The summed E-state index contributed by atoms with van der Waals surface area (Å²) < 4.78 is 44.3. The molecule has 1 heterocycles. The lowest BCUT2D eigenvalue weighted by Crippen LogP contribution is -2.31. The summed E-state index contributed by atoms with van der Waals surface area (Å²) in [5.74, 6) is -0.602. The first-order valence-electron chi connectivity index (χ1n) is 5.18. The van der Waals surface area contributed by atoms with Gasteiger partial charge in [0.2, 0.25) is 0 Å². The van der Waals surface area contributed by atoms with Crippen LogP contribution in [0.4, 0.5) is 13.2 Å². The van der Waals surface area contributed by atoms with Crippen molar-refractivity contribution in [1.29, 1.82) is 0 Å². The van der Waals surface area contributed by atoms with E-state index in [4.69, 9.17) is 4.42 Å². The van der Waals surface area contributed by atoms with Crippen LogP contribution in [0.3, 0.4) is 0 Å². The van der Waals surface area contributed by atoms with E-state index in [2.05, 4.69) is 5.32 Å². The predicted molar refractivity (Wildman–Crippen MR) is 59.3 cm³/mol. The van der Waals surface area contributed by atoms with Gasteiger partial charge >= 0.3 is 11.9 Å². The highest BCUT2D eigenvalue weighted by Crippen LogP contribution is 2.33. The Morgan fingerprint density at radius 3 is 2.61 bits per heavy atom. The lowest BCUT2D eigenvalue weighted by atomic mass is 10.1. The van der Waals surface area contributed by atoms with Crippen molar-refractivity contribution in [3.05, 3.63) is 34.3 Å². The summed E-state index contributed by atoms with van der Waals surface area (Å²) in [4.78, 5) is 11.2. The molecule has 98 valence electrons. The van der Waals surface area contributed by atoms with Gasteiger partial charge < -0.3 is 9.73 Å². The van der Waals surface area contributed by atoms with Crippen molar-refractivity contribution in [1.82, 2.24) is 9.88 Å². The van der Waals surface area contributed by atoms with Gasteiger partial charge in [0.15, 0.2) is 5.58 Å². The predicted octanol–water partition coefficient (Wildman–Crippen LogP) is 1.95. The molecule has 18 heavy (non-hydrogen) atoms. The van der Waals surface area contributed by atoms with Gasteiger partial charge in [-0.2, -0.15) is 13.2 Å². The number of hydrogen-bond acceptors (Lipinski definition) is 3. The van der Waals surface area contributed by atoms with Crippen LogP contribution in [0.1, 0.15) is 11.6 Å². The third kappa shape index (κ3) is 2.01. The molecule has 4 nitrogen and oxygen atoms in total. The Labute approximate surface area is 100 Å². The third-order valence-electron chi connectivity index (χ3n) is 2.77. The first-order chi connectivity index (χ1) is 8.34. The number of hydrogen-bond donors (Lipinski definition) is 1. The molecule has 0 spiro atoms. The van der Waals surface area contributed by atoms with Gasteiger partial charge in [-0.15, -0.1) is 0 Å². The van der Waals surface area contributed by atoms with E-state index < -0.39 is 18.0 Å². The quantitative estimate of drug-likeness (QED) is 0.897. The molecule has 0 saturated heterocycles. The first-order valence-corrected chi connectivity index (χ1v) is 5.18. The van der Waals surface area contributed by atoms with Crippen molar-refractivity contribution in [2.75, 3.05) is 7.05 Å². The van der Waals surface area contributed by atoms with Gasteiger partial charge in [0.25, 0.3) is 0 Å². The van der Waals surface area contributed by atoms with Crippen LogP contribution in [-0.4, -0.2) is 17.8 Å². The molecule has 0 saturated carbocycles.